The number of halogens is 1. The minimum absolute atomic E-state index is 0.196. The van der Waals surface area contributed by atoms with Crippen molar-refractivity contribution in [3.63, 3.8) is 0 Å². The largest absolute Gasteiger partial charge is 0.506 e. The normalized spacial score (nSPS) is 10.5. The van der Waals surface area contributed by atoms with E-state index in [9.17, 15) is 5.11 Å². The van der Waals surface area contributed by atoms with E-state index in [2.05, 4.69) is 12.2 Å². The average molecular weight is 228 g/mol. The van der Waals surface area contributed by atoms with E-state index in [0.29, 0.717) is 11.6 Å². The van der Waals surface area contributed by atoms with Crippen molar-refractivity contribution in [1.82, 2.24) is 5.32 Å². The van der Waals surface area contributed by atoms with Crippen LogP contribution in [-0.4, -0.2) is 11.7 Å². The molecule has 3 heteroatoms. The van der Waals surface area contributed by atoms with Crippen molar-refractivity contribution in [3.05, 3.63) is 28.8 Å². The average Bonchev–Trinajstić information content (AvgIpc) is 2.24. The number of para-hydroxylation sites is 1. The summed E-state index contributed by atoms with van der Waals surface area (Å²) in [6, 6.07) is 5.43. The second-order valence-electron chi connectivity index (χ2n) is 3.63. The maximum Gasteiger partial charge on any atom is 0.138 e. The minimum Gasteiger partial charge on any atom is -0.506 e. The van der Waals surface area contributed by atoms with Crippen LogP contribution in [0.1, 0.15) is 31.7 Å². The highest BCUT2D eigenvalue weighted by Crippen LogP contribution is 2.26. The molecule has 15 heavy (non-hydrogen) atoms. The minimum atomic E-state index is 0.196. The molecule has 1 aromatic rings. The van der Waals surface area contributed by atoms with Gasteiger partial charge in [0.2, 0.25) is 0 Å². The van der Waals surface area contributed by atoms with Crippen LogP contribution in [0.5, 0.6) is 5.75 Å². The number of unbranched alkanes of at least 4 members (excludes halogenated alkanes) is 2. The summed E-state index contributed by atoms with van der Waals surface area (Å²) >= 11 is 5.80. The Bertz CT molecular complexity index is 302. The first kappa shape index (κ1) is 12.3. The van der Waals surface area contributed by atoms with Gasteiger partial charge in [-0.25, -0.2) is 0 Å². The van der Waals surface area contributed by atoms with Crippen LogP contribution in [-0.2, 0) is 6.54 Å². The molecule has 0 fully saturated rings. The molecule has 2 nitrogen and oxygen atoms in total. The van der Waals surface area contributed by atoms with Crippen molar-refractivity contribution in [1.29, 1.82) is 0 Å². The number of aromatic hydroxyl groups is 1. The Morgan fingerprint density at radius 2 is 2.13 bits per heavy atom. The molecule has 1 rings (SSSR count). The maximum atomic E-state index is 9.63. The van der Waals surface area contributed by atoms with Gasteiger partial charge in [0.05, 0.1) is 5.02 Å². The summed E-state index contributed by atoms with van der Waals surface area (Å²) in [5.41, 5.74) is 0.860. The van der Waals surface area contributed by atoms with E-state index in [1.165, 1.54) is 19.3 Å². The first-order valence-corrected chi connectivity index (χ1v) is 5.80. The third-order valence-corrected chi connectivity index (χ3v) is 2.65. The smallest absolute Gasteiger partial charge is 0.138 e. The zero-order valence-corrected chi connectivity index (χ0v) is 9.85. The second-order valence-corrected chi connectivity index (χ2v) is 4.04. The van der Waals surface area contributed by atoms with Crippen molar-refractivity contribution in [2.45, 2.75) is 32.7 Å². The maximum absolute atomic E-state index is 9.63. The Labute approximate surface area is 96.3 Å². The summed E-state index contributed by atoms with van der Waals surface area (Å²) < 4.78 is 0. The lowest BCUT2D eigenvalue weighted by Crippen LogP contribution is -2.14. The number of phenols is 1. The van der Waals surface area contributed by atoms with E-state index in [1.807, 2.05) is 12.1 Å². The SMILES string of the molecule is CCCCCNCc1cccc(Cl)c1O. The van der Waals surface area contributed by atoms with Gasteiger partial charge in [0.25, 0.3) is 0 Å². The Kier molecular flexibility index (Phi) is 5.51. The van der Waals surface area contributed by atoms with E-state index in [1.54, 1.807) is 6.07 Å². The van der Waals surface area contributed by atoms with Gasteiger partial charge in [-0.15, -0.1) is 0 Å². The van der Waals surface area contributed by atoms with E-state index in [0.717, 1.165) is 12.1 Å². The number of hydrogen-bond donors (Lipinski definition) is 2. The molecule has 0 spiro atoms. The lowest BCUT2D eigenvalue weighted by molar-refractivity contribution is 0.464. The van der Waals surface area contributed by atoms with Gasteiger partial charge in [0.1, 0.15) is 5.75 Å². The molecule has 0 aromatic heterocycles. The molecule has 0 radical (unpaired) electrons. The number of rotatable bonds is 6. The van der Waals surface area contributed by atoms with Gasteiger partial charge >= 0.3 is 0 Å². The number of nitrogens with one attached hydrogen (secondary N) is 1. The molecule has 0 saturated carbocycles. The molecule has 0 heterocycles. The molecular weight excluding hydrogens is 210 g/mol. The zero-order valence-electron chi connectivity index (χ0n) is 9.09. The molecule has 0 amide bonds. The Hall–Kier alpha value is -0.730. The van der Waals surface area contributed by atoms with Gasteiger partial charge in [-0.3, -0.25) is 0 Å². The fraction of sp³-hybridized carbons (Fsp3) is 0.500. The molecule has 0 saturated heterocycles. The van der Waals surface area contributed by atoms with Crippen molar-refractivity contribution in [2.24, 2.45) is 0 Å². The highest BCUT2D eigenvalue weighted by Gasteiger charge is 2.03. The summed E-state index contributed by atoms with van der Waals surface area (Å²) in [4.78, 5) is 0. The molecule has 0 unspecified atom stereocenters. The predicted octanol–water partition coefficient (Wildman–Crippen LogP) is 3.33. The molecule has 1 aromatic carbocycles. The summed E-state index contributed by atoms with van der Waals surface area (Å²) in [6.45, 7) is 3.85. The van der Waals surface area contributed by atoms with Crippen molar-refractivity contribution >= 4 is 11.6 Å². The van der Waals surface area contributed by atoms with Gasteiger partial charge in [0.15, 0.2) is 0 Å². The van der Waals surface area contributed by atoms with Crippen LogP contribution in [0.4, 0.5) is 0 Å². The topological polar surface area (TPSA) is 32.3 Å². The fourth-order valence-corrected chi connectivity index (χ4v) is 1.62. The van der Waals surface area contributed by atoms with Crippen LogP contribution in [0, 0.1) is 0 Å². The monoisotopic (exact) mass is 227 g/mol. The summed E-state index contributed by atoms with van der Waals surface area (Å²) in [5.74, 6) is 0.196. The zero-order chi connectivity index (χ0) is 11.1. The molecule has 0 bridgehead atoms. The first-order chi connectivity index (χ1) is 7.25. The van der Waals surface area contributed by atoms with Gasteiger partial charge < -0.3 is 10.4 Å². The number of phenolic OH excluding ortho intramolecular Hbond substituents is 1. The molecule has 0 aliphatic rings. The standard InChI is InChI=1S/C12H18ClNO/c1-2-3-4-8-14-9-10-6-5-7-11(13)12(10)15/h5-7,14-15H,2-4,8-9H2,1H3. The second kappa shape index (κ2) is 6.70. The van der Waals surface area contributed by atoms with Crippen LogP contribution in [0.3, 0.4) is 0 Å². The van der Waals surface area contributed by atoms with E-state index >= 15 is 0 Å². The van der Waals surface area contributed by atoms with E-state index in [-0.39, 0.29) is 5.75 Å². The lowest BCUT2D eigenvalue weighted by Gasteiger charge is -2.07. The highest BCUT2D eigenvalue weighted by molar-refractivity contribution is 6.32. The van der Waals surface area contributed by atoms with Gasteiger partial charge in [-0.2, -0.15) is 0 Å². The fourth-order valence-electron chi connectivity index (χ4n) is 1.43. The number of hydrogen-bond acceptors (Lipinski definition) is 2. The van der Waals surface area contributed by atoms with Crippen LogP contribution in [0.15, 0.2) is 18.2 Å². The highest BCUT2D eigenvalue weighted by atomic mass is 35.5. The predicted molar refractivity (Wildman–Crippen MR) is 64.3 cm³/mol. The van der Waals surface area contributed by atoms with E-state index in [4.69, 9.17) is 11.6 Å². The molecule has 0 aliphatic heterocycles. The Balaban J connectivity index is 2.34. The van der Waals surface area contributed by atoms with Crippen LogP contribution in [0.2, 0.25) is 5.02 Å². The van der Waals surface area contributed by atoms with Crippen LogP contribution < -0.4 is 5.32 Å². The first-order valence-electron chi connectivity index (χ1n) is 5.42. The third kappa shape index (κ3) is 4.10. The third-order valence-electron chi connectivity index (χ3n) is 2.34. The molecule has 0 atom stereocenters. The summed E-state index contributed by atoms with van der Waals surface area (Å²) in [5, 5.41) is 13.3. The van der Waals surface area contributed by atoms with Gasteiger partial charge in [-0.05, 0) is 19.0 Å². The molecule has 0 aliphatic carbocycles. The Morgan fingerprint density at radius 1 is 1.33 bits per heavy atom. The van der Waals surface area contributed by atoms with Crippen molar-refractivity contribution < 1.29 is 5.11 Å². The quantitative estimate of drug-likeness (QED) is 0.731. The number of benzene rings is 1. The van der Waals surface area contributed by atoms with Crippen LogP contribution >= 0.6 is 11.6 Å². The van der Waals surface area contributed by atoms with Crippen LogP contribution in [0.25, 0.3) is 0 Å². The van der Waals surface area contributed by atoms with Crippen molar-refractivity contribution in [3.8, 4) is 5.75 Å². The summed E-state index contributed by atoms with van der Waals surface area (Å²) in [7, 11) is 0. The van der Waals surface area contributed by atoms with E-state index < -0.39 is 0 Å². The Morgan fingerprint density at radius 3 is 2.87 bits per heavy atom. The van der Waals surface area contributed by atoms with Gasteiger partial charge in [-0.1, -0.05) is 43.5 Å². The molecular formula is C12H18ClNO. The summed E-state index contributed by atoms with van der Waals surface area (Å²) in [6.07, 6.45) is 3.65. The molecule has 84 valence electrons. The molecule has 2 N–H and O–H groups in total. The van der Waals surface area contributed by atoms with Crippen molar-refractivity contribution in [2.75, 3.05) is 6.54 Å². The van der Waals surface area contributed by atoms with Gasteiger partial charge in [0, 0.05) is 12.1 Å². The lowest BCUT2D eigenvalue weighted by atomic mass is 10.2.